The van der Waals surface area contributed by atoms with Crippen LogP contribution in [-0.4, -0.2) is 39.2 Å². The minimum absolute atomic E-state index is 0.000620. The lowest BCUT2D eigenvalue weighted by atomic mass is 9.76. The van der Waals surface area contributed by atoms with Crippen molar-refractivity contribution in [2.24, 2.45) is 0 Å². The summed E-state index contributed by atoms with van der Waals surface area (Å²) in [6, 6.07) is 0. The maximum absolute atomic E-state index is 13.0. The van der Waals surface area contributed by atoms with Crippen LogP contribution < -0.4 is 16.0 Å². The minimum atomic E-state index is -4.55. The molecule has 2 heterocycles. The number of likely N-dealkylation sites (N-methyl/N-ethyl adjacent to an activating group) is 1. The Morgan fingerprint density at radius 2 is 2.07 bits per heavy atom. The molecule has 1 amide bonds. The molecule has 152 valence electrons. The Balaban J connectivity index is 1.88. The van der Waals surface area contributed by atoms with E-state index in [0.29, 0.717) is 30.8 Å². The first kappa shape index (κ1) is 19.9. The maximum atomic E-state index is 13.0. The van der Waals surface area contributed by atoms with Gasteiger partial charge in [-0.2, -0.15) is 23.3 Å². The van der Waals surface area contributed by atoms with Crippen molar-refractivity contribution >= 4 is 23.4 Å². The van der Waals surface area contributed by atoms with Gasteiger partial charge in [0.15, 0.2) is 0 Å². The molecule has 28 heavy (non-hydrogen) atoms. The van der Waals surface area contributed by atoms with Crippen molar-refractivity contribution in [3.05, 3.63) is 23.7 Å². The fourth-order valence-corrected chi connectivity index (χ4v) is 3.16. The average Bonchev–Trinajstić information content (AvgIpc) is 2.93. The van der Waals surface area contributed by atoms with Crippen LogP contribution in [0.5, 0.6) is 0 Å². The first-order valence-electron chi connectivity index (χ1n) is 8.95. The molecular weight excluding hydrogens is 375 g/mol. The third-order valence-corrected chi connectivity index (χ3v) is 4.86. The molecule has 2 aromatic rings. The molecule has 0 unspecified atom stereocenters. The SMILES string of the molecule is CCNC(=O)C1(n2cc(Nc3ncc(C(F)(F)F)c(NC)n3)c(C)n2)CCC1. The van der Waals surface area contributed by atoms with E-state index in [4.69, 9.17) is 0 Å². The summed E-state index contributed by atoms with van der Waals surface area (Å²) in [5, 5.41) is 12.6. The Morgan fingerprint density at radius 1 is 1.36 bits per heavy atom. The Labute approximate surface area is 159 Å². The lowest BCUT2D eigenvalue weighted by Gasteiger charge is -2.40. The van der Waals surface area contributed by atoms with Crippen molar-refractivity contribution in [1.82, 2.24) is 25.1 Å². The van der Waals surface area contributed by atoms with Crippen molar-refractivity contribution in [1.29, 1.82) is 0 Å². The fourth-order valence-electron chi connectivity index (χ4n) is 3.16. The van der Waals surface area contributed by atoms with Crippen molar-refractivity contribution in [3.63, 3.8) is 0 Å². The lowest BCUT2D eigenvalue weighted by molar-refractivity contribution is -0.137. The summed E-state index contributed by atoms with van der Waals surface area (Å²) >= 11 is 0. The lowest BCUT2D eigenvalue weighted by Crippen LogP contribution is -2.53. The summed E-state index contributed by atoms with van der Waals surface area (Å²) in [6.45, 7) is 4.12. The Hall–Kier alpha value is -2.85. The summed E-state index contributed by atoms with van der Waals surface area (Å²) in [5.41, 5.74) is -0.558. The van der Waals surface area contributed by atoms with Gasteiger partial charge in [0.2, 0.25) is 11.9 Å². The zero-order valence-corrected chi connectivity index (χ0v) is 15.8. The molecule has 2 aromatic heterocycles. The molecule has 1 saturated carbocycles. The van der Waals surface area contributed by atoms with Crippen molar-refractivity contribution in [2.75, 3.05) is 24.2 Å². The molecule has 0 saturated heterocycles. The predicted molar refractivity (Wildman–Crippen MR) is 97.3 cm³/mol. The number of carbonyl (C=O) groups is 1. The third kappa shape index (κ3) is 3.48. The van der Waals surface area contributed by atoms with E-state index in [9.17, 15) is 18.0 Å². The summed E-state index contributed by atoms with van der Waals surface area (Å²) in [5.74, 6) is -0.410. The van der Waals surface area contributed by atoms with Gasteiger partial charge >= 0.3 is 6.18 Å². The number of alkyl halides is 3. The Morgan fingerprint density at radius 3 is 2.61 bits per heavy atom. The molecule has 1 fully saturated rings. The van der Waals surface area contributed by atoms with Crippen LogP contribution in [0.25, 0.3) is 0 Å². The highest BCUT2D eigenvalue weighted by Gasteiger charge is 2.46. The van der Waals surface area contributed by atoms with Gasteiger partial charge in [-0.15, -0.1) is 0 Å². The second kappa shape index (κ2) is 7.28. The quantitative estimate of drug-likeness (QED) is 0.694. The van der Waals surface area contributed by atoms with E-state index in [0.717, 1.165) is 12.6 Å². The molecule has 1 aliphatic carbocycles. The molecule has 3 N–H and O–H groups in total. The van der Waals surface area contributed by atoms with E-state index in [-0.39, 0.29) is 17.7 Å². The second-order valence-corrected chi connectivity index (χ2v) is 6.65. The Bertz CT molecular complexity index is 874. The number of nitrogens with one attached hydrogen (secondary N) is 3. The normalized spacial score (nSPS) is 15.6. The van der Waals surface area contributed by atoms with E-state index >= 15 is 0 Å². The molecule has 0 aromatic carbocycles. The van der Waals surface area contributed by atoms with Gasteiger partial charge in [-0.1, -0.05) is 0 Å². The number of hydrogen-bond donors (Lipinski definition) is 3. The third-order valence-electron chi connectivity index (χ3n) is 4.86. The second-order valence-electron chi connectivity index (χ2n) is 6.65. The monoisotopic (exact) mass is 397 g/mol. The molecular formula is C17H22F3N7O. The smallest absolute Gasteiger partial charge is 0.372 e. The first-order chi connectivity index (χ1) is 13.2. The maximum Gasteiger partial charge on any atom is 0.421 e. The van der Waals surface area contributed by atoms with E-state index in [1.165, 1.54) is 7.05 Å². The van der Waals surface area contributed by atoms with Gasteiger partial charge in [-0.05, 0) is 33.1 Å². The van der Waals surface area contributed by atoms with Crippen molar-refractivity contribution in [2.45, 2.75) is 44.8 Å². The number of aromatic nitrogens is 4. The van der Waals surface area contributed by atoms with Crippen LogP contribution in [0.15, 0.2) is 12.4 Å². The molecule has 0 aliphatic heterocycles. The molecule has 1 aliphatic rings. The molecule has 8 nitrogen and oxygen atoms in total. The van der Waals surface area contributed by atoms with Crippen LogP contribution in [0.1, 0.15) is 37.4 Å². The summed E-state index contributed by atoms with van der Waals surface area (Å²) in [7, 11) is 1.36. The summed E-state index contributed by atoms with van der Waals surface area (Å²) in [6.07, 6.45) is 0.125. The highest BCUT2D eigenvalue weighted by atomic mass is 19.4. The molecule has 0 atom stereocenters. The van der Waals surface area contributed by atoms with Crippen LogP contribution >= 0.6 is 0 Å². The summed E-state index contributed by atoms with van der Waals surface area (Å²) < 4.78 is 40.6. The molecule has 0 radical (unpaired) electrons. The van der Waals surface area contributed by atoms with Gasteiger partial charge in [0, 0.05) is 19.8 Å². The zero-order chi connectivity index (χ0) is 20.5. The predicted octanol–water partition coefficient (Wildman–Crippen LogP) is 2.80. The van der Waals surface area contributed by atoms with Gasteiger partial charge in [0.1, 0.15) is 16.9 Å². The Kier molecular flexibility index (Phi) is 5.18. The number of aryl methyl sites for hydroxylation is 1. The van der Waals surface area contributed by atoms with Crippen LogP contribution in [0.2, 0.25) is 0 Å². The van der Waals surface area contributed by atoms with E-state index in [1.807, 2.05) is 6.92 Å². The van der Waals surface area contributed by atoms with Gasteiger partial charge in [-0.25, -0.2) is 4.98 Å². The van der Waals surface area contributed by atoms with E-state index in [1.54, 1.807) is 17.8 Å². The van der Waals surface area contributed by atoms with Gasteiger partial charge in [0.05, 0.1) is 17.6 Å². The van der Waals surface area contributed by atoms with E-state index in [2.05, 4.69) is 31.0 Å². The molecule has 0 bridgehead atoms. The summed E-state index contributed by atoms with van der Waals surface area (Å²) in [4.78, 5) is 20.2. The zero-order valence-electron chi connectivity index (χ0n) is 15.8. The molecule has 11 heteroatoms. The highest BCUT2D eigenvalue weighted by molar-refractivity contribution is 5.85. The van der Waals surface area contributed by atoms with Crippen LogP contribution in [0.4, 0.5) is 30.6 Å². The number of anilines is 3. The van der Waals surface area contributed by atoms with Gasteiger partial charge < -0.3 is 16.0 Å². The fraction of sp³-hybridized carbons (Fsp3) is 0.529. The largest absolute Gasteiger partial charge is 0.421 e. The minimum Gasteiger partial charge on any atom is -0.372 e. The number of carbonyl (C=O) groups excluding carboxylic acids is 1. The van der Waals surface area contributed by atoms with Crippen LogP contribution in [-0.2, 0) is 16.5 Å². The molecule has 3 rings (SSSR count). The van der Waals surface area contributed by atoms with Gasteiger partial charge in [-0.3, -0.25) is 9.48 Å². The van der Waals surface area contributed by atoms with Crippen molar-refractivity contribution in [3.8, 4) is 0 Å². The highest BCUT2D eigenvalue weighted by Crippen LogP contribution is 2.40. The first-order valence-corrected chi connectivity index (χ1v) is 8.95. The number of hydrogen-bond acceptors (Lipinski definition) is 6. The number of nitrogens with zero attached hydrogens (tertiary/aromatic N) is 4. The van der Waals surface area contributed by atoms with E-state index < -0.39 is 17.3 Å². The number of halogens is 3. The number of amides is 1. The van der Waals surface area contributed by atoms with Crippen molar-refractivity contribution < 1.29 is 18.0 Å². The number of rotatable bonds is 6. The van der Waals surface area contributed by atoms with Crippen LogP contribution in [0, 0.1) is 6.92 Å². The topological polar surface area (TPSA) is 96.8 Å². The standard InChI is InChI=1S/C17H22F3N7O/c1-4-22-14(28)16(6-5-7-16)27-9-12(10(2)26-27)24-15-23-8-11(17(18,19)20)13(21-3)25-15/h8-9H,4-7H2,1-3H3,(H,22,28)(H2,21,23,24,25). The van der Waals surface area contributed by atoms with Crippen LogP contribution in [0.3, 0.4) is 0 Å². The average molecular weight is 397 g/mol. The molecule has 0 spiro atoms. The van der Waals surface area contributed by atoms with Gasteiger partial charge in [0.25, 0.3) is 0 Å².